The predicted octanol–water partition coefficient (Wildman–Crippen LogP) is 1.75. The number of hydrogen-bond acceptors (Lipinski definition) is 4. The average Bonchev–Trinajstić information content (AvgIpc) is 2.78. The molecule has 0 bridgehead atoms. The van der Waals surface area contributed by atoms with Gasteiger partial charge in [-0.05, 0) is 31.2 Å². The molecule has 5 heteroatoms. The highest BCUT2D eigenvalue weighted by atomic mass is 16.5. The summed E-state index contributed by atoms with van der Waals surface area (Å²) in [6, 6.07) is 7.49. The molecule has 1 heterocycles. The minimum atomic E-state index is -0.658. The molecule has 0 aliphatic rings. The summed E-state index contributed by atoms with van der Waals surface area (Å²) in [6.07, 6.45) is -0.658. The number of anilines is 1. The minimum absolute atomic E-state index is 0.00400. The van der Waals surface area contributed by atoms with E-state index < -0.39 is 12.1 Å². The zero-order valence-electron chi connectivity index (χ0n) is 10.4. The second kappa shape index (κ2) is 5.10. The van der Waals surface area contributed by atoms with E-state index in [2.05, 4.69) is 10.3 Å². The molecule has 2 aromatic rings. The Morgan fingerprint density at radius 3 is 2.94 bits per heavy atom. The fourth-order valence-corrected chi connectivity index (χ4v) is 1.67. The van der Waals surface area contributed by atoms with E-state index >= 15 is 0 Å². The highest BCUT2D eigenvalue weighted by Gasteiger charge is 2.12. The molecule has 5 nitrogen and oxygen atoms in total. The van der Waals surface area contributed by atoms with E-state index in [1.165, 1.54) is 0 Å². The zero-order chi connectivity index (χ0) is 13.1. The Labute approximate surface area is 105 Å². The topological polar surface area (TPSA) is 74.4 Å². The van der Waals surface area contributed by atoms with Gasteiger partial charge < -0.3 is 20.1 Å². The number of aromatic amines is 1. The smallest absolute Gasteiger partial charge is 0.354 e. The molecule has 0 amide bonds. The lowest BCUT2D eigenvalue weighted by Gasteiger charge is -2.04. The van der Waals surface area contributed by atoms with Crippen molar-refractivity contribution in [2.45, 2.75) is 13.0 Å². The third-order valence-corrected chi connectivity index (χ3v) is 2.58. The molecule has 1 aromatic carbocycles. The summed E-state index contributed by atoms with van der Waals surface area (Å²) in [6.45, 7) is 1.56. The Morgan fingerprint density at radius 2 is 2.28 bits per heavy atom. The zero-order valence-corrected chi connectivity index (χ0v) is 10.4. The first-order chi connectivity index (χ1) is 8.60. The molecule has 3 N–H and O–H groups in total. The Hall–Kier alpha value is -2.01. The normalized spacial score (nSPS) is 12.4. The van der Waals surface area contributed by atoms with Crippen LogP contribution in [0.3, 0.4) is 0 Å². The van der Waals surface area contributed by atoms with Crippen LogP contribution < -0.4 is 5.32 Å². The lowest BCUT2D eigenvalue weighted by atomic mass is 10.2. The van der Waals surface area contributed by atoms with Crippen molar-refractivity contribution < 1.29 is 14.6 Å². The molecule has 0 aliphatic carbocycles. The number of H-pyrrole nitrogens is 1. The first-order valence-corrected chi connectivity index (χ1v) is 5.76. The second-order valence-corrected chi connectivity index (χ2v) is 4.18. The molecule has 18 heavy (non-hydrogen) atoms. The van der Waals surface area contributed by atoms with Crippen molar-refractivity contribution in [1.82, 2.24) is 4.98 Å². The molecule has 1 unspecified atom stereocenters. The third kappa shape index (κ3) is 2.62. The number of aliphatic hydroxyl groups is 1. The quantitative estimate of drug-likeness (QED) is 0.721. The number of carbonyl (C=O) groups is 1. The summed E-state index contributed by atoms with van der Waals surface area (Å²) >= 11 is 0. The SMILES string of the molecule is CNc1ccc2[nH]c(C(=O)OCC(C)O)cc2c1. The average molecular weight is 248 g/mol. The lowest BCUT2D eigenvalue weighted by Crippen LogP contribution is -2.15. The van der Waals surface area contributed by atoms with Crippen molar-refractivity contribution in [1.29, 1.82) is 0 Å². The van der Waals surface area contributed by atoms with Crippen molar-refractivity contribution in [3.8, 4) is 0 Å². The van der Waals surface area contributed by atoms with E-state index in [-0.39, 0.29) is 6.61 Å². The third-order valence-electron chi connectivity index (χ3n) is 2.58. The predicted molar refractivity (Wildman–Crippen MR) is 69.8 cm³/mol. The molecule has 0 fully saturated rings. The molecule has 1 aromatic heterocycles. The summed E-state index contributed by atoms with van der Waals surface area (Å²) in [5.41, 5.74) is 2.24. The summed E-state index contributed by atoms with van der Waals surface area (Å²) in [5, 5.41) is 13.0. The molecule has 2 rings (SSSR count). The maximum Gasteiger partial charge on any atom is 0.354 e. The van der Waals surface area contributed by atoms with E-state index in [9.17, 15) is 4.79 Å². The molecule has 1 atom stereocenters. The van der Waals surface area contributed by atoms with E-state index in [1.807, 2.05) is 25.2 Å². The van der Waals surface area contributed by atoms with Gasteiger partial charge in [-0.1, -0.05) is 0 Å². The van der Waals surface area contributed by atoms with Crippen LogP contribution in [0.4, 0.5) is 5.69 Å². The highest BCUT2D eigenvalue weighted by molar-refractivity contribution is 5.95. The molecule has 96 valence electrons. The monoisotopic (exact) mass is 248 g/mol. The standard InChI is InChI=1S/C13H16N2O3/c1-8(16)7-18-13(17)12-6-9-5-10(14-2)3-4-11(9)15-12/h3-6,8,14-16H,7H2,1-2H3. The van der Waals surface area contributed by atoms with Crippen LogP contribution in [0, 0.1) is 0 Å². The van der Waals surface area contributed by atoms with Crippen LogP contribution in [0.1, 0.15) is 17.4 Å². The van der Waals surface area contributed by atoms with Crippen LogP contribution >= 0.6 is 0 Å². The first-order valence-electron chi connectivity index (χ1n) is 5.76. The van der Waals surface area contributed by atoms with Gasteiger partial charge in [0, 0.05) is 23.6 Å². The Balaban J connectivity index is 2.21. The number of hydrogen-bond donors (Lipinski definition) is 3. The number of fused-ring (bicyclic) bond motifs is 1. The number of benzene rings is 1. The molecule has 0 saturated heterocycles. The van der Waals surface area contributed by atoms with Crippen LogP contribution in [0.2, 0.25) is 0 Å². The number of aliphatic hydroxyl groups excluding tert-OH is 1. The van der Waals surface area contributed by atoms with Gasteiger partial charge in [0.15, 0.2) is 0 Å². The number of esters is 1. The fraction of sp³-hybridized carbons (Fsp3) is 0.308. The van der Waals surface area contributed by atoms with Gasteiger partial charge in [0.05, 0.1) is 6.10 Å². The van der Waals surface area contributed by atoms with Gasteiger partial charge in [-0.3, -0.25) is 0 Å². The van der Waals surface area contributed by atoms with E-state index in [0.717, 1.165) is 16.6 Å². The van der Waals surface area contributed by atoms with Crippen LogP contribution in [-0.4, -0.2) is 35.8 Å². The summed E-state index contributed by atoms with van der Waals surface area (Å²) in [4.78, 5) is 14.7. The first kappa shape index (κ1) is 12.4. The summed E-state index contributed by atoms with van der Waals surface area (Å²) < 4.78 is 4.94. The van der Waals surface area contributed by atoms with E-state index in [4.69, 9.17) is 9.84 Å². The summed E-state index contributed by atoms with van der Waals surface area (Å²) in [5.74, 6) is -0.460. The van der Waals surface area contributed by atoms with Gasteiger partial charge in [-0.2, -0.15) is 0 Å². The van der Waals surface area contributed by atoms with E-state index in [1.54, 1.807) is 13.0 Å². The van der Waals surface area contributed by atoms with Crippen LogP contribution in [-0.2, 0) is 4.74 Å². The second-order valence-electron chi connectivity index (χ2n) is 4.18. The molecule has 0 aliphatic heterocycles. The maximum absolute atomic E-state index is 11.7. The van der Waals surface area contributed by atoms with Gasteiger partial charge in [-0.25, -0.2) is 4.79 Å². The number of ether oxygens (including phenoxy) is 1. The molecule has 0 saturated carbocycles. The minimum Gasteiger partial charge on any atom is -0.458 e. The summed E-state index contributed by atoms with van der Waals surface area (Å²) in [7, 11) is 1.84. The van der Waals surface area contributed by atoms with Crippen molar-refractivity contribution in [3.05, 3.63) is 30.0 Å². The highest BCUT2D eigenvalue weighted by Crippen LogP contribution is 2.20. The van der Waals surface area contributed by atoms with Crippen LogP contribution in [0.25, 0.3) is 10.9 Å². The Morgan fingerprint density at radius 1 is 1.50 bits per heavy atom. The molecular formula is C13H16N2O3. The lowest BCUT2D eigenvalue weighted by molar-refractivity contribution is 0.0291. The van der Waals surface area contributed by atoms with Crippen LogP contribution in [0.5, 0.6) is 0 Å². The molecule has 0 radical (unpaired) electrons. The maximum atomic E-state index is 11.7. The Kier molecular flexibility index (Phi) is 3.53. The number of nitrogens with one attached hydrogen (secondary N) is 2. The van der Waals surface area contributed by atoms with Crippen molar-refractivity contribution in [3.63, 3.8) is 0 Å². The number of aromatic nitrogens is 1. The van der Waals surface area contributed by atoms with Crippen LogP contribution in [0.15, 0.2) is 24.3 Å². The van der Waals surface area contributed by atoms with Crippen molar-refractivity contribution >= 4 is 22.6 Å². The largest absolute Gasteiger partial charge is 0.458 e. The number of rotatable bonds is 4. The number of carbonyl (C=O) groups excluding carboxylic acids is 1. The Bertz CT molecular complexity index is 560. The van der Waals surface area contributed by atoms with Gasteiger partial charge in [0.2, 0.25) is 0 Å². The molecule has 0 spiro atoms. The van der Waals surface area contributed by atoms with Gasteiger partial charge in [0.25, 0.3) is 0 Å². The molecular weight excluding hydrogens is 232 g/mol. The van der Waals surface area contributed by atoms with Gasteiger partial charge >= 0.3 is 5.97 Å². The fourth-order valence-electron chi connectivity index (χ4n) is 1.67. The van der Waals surface area contributed by atoms with Crippen molar-refractivity contribution in [2.24, 2.45) is 0 Å². The van der Waals surface area contributed by atoms with Gasteiger partial charge in [0.1, 0.15) is 12.3 Å². The van der Waals surface area contributed by atoms with E-state index in [0.29, 0.717) is 5.69 Å². The van der Waals surface area contributed by atoms with Gasteiger partial charge in [-0.15, -0.1) is 0 Å². The van der Waals surface area contributed by atoms with Crippen molar-refractivity contribution in [2.75, 3.05) is 19.0 Å².